The van der Waals surface area contributed by atoms with Gasteiger partial charge in [0.25, 0.3) is 0 Å². The Morgan fingerprint density at radius 3 is 2.40 bits per heavy atom. The molecule has 136 valence electrons. The number of rotatable bonds is 6. The lowest BCUT2D eigenvalue weighted by atomic mass is 9.84. The van der Waals surface area contributed by atoms with Gasteiger partial charge in [-0.15, -0.1) is 24.0 Å². The summed E-state index contributed by atoms with van der Waals surface area (Å²) in [6, 6.07) is 18.5. The molecule has 0 aliphatic rings. The predicted octanol–water partition coefficient (Wildman–Crippen LogP) is 3.96. The molecule has 0 spiro atoms. The molecule has 2 aromatic carbocycles. The molecule has 0 aromatic heterocycles. The van der Waals surface area contributed by atoms with Crippen LogP contribution in [0, 0.1) is 0 Å². The molecule has 2 N–H and O–H groups in total. The van der Waals surface area contributed by atoms with E-state index in [0.29, 0.717) is 0 Å². The van der Waals surface area contributed by atoms with E-state index in [9.17, 15) is 0 Å². The van der Waals surface area contributed by atoms with E-state index in [2.05, 4.69) is 53.7 Å². The summed E-state index contributed by atoms with van der Waals surface area (Å²) < 4.78 is 5.33. The summed E-state index contributed by atoms with van der Waals surface area (Å²) in [4.78, 5) is 4.30. The first-order chi connectivity index (χ1) is 11.5. The van der Waals surface area contributed by atoms with E-state index in [1.165, 1.54) is 11.1 Å². The van der Waals surface area contributed by atoms with E-state index < -0.39 is 0 Å². The van der Waals surface area contributed by atoms with Crippen LogP contribution in [0.15, 0.2) is 59.6 Å². The predicted molar refractivity (Wildman–Crippen MR) is 116 cm³/mol. The topological polar surface area (TPSA) is 45.7 Å². The Hall–Kier alpha value is -1.76. The van der Waals surface area contributed by atoms with Crippen molar-refractivity contribution in [3.63, 3.8) is 0 Å². The van der Waals surface area contributed by atoms with Crippen LogP contribution in [0.5, 0.6) is 5.75 Å². The van der Waals surface area contributed by atoms with Crippen LogP contribution < -0.4 is 15.4 Å². The van der Waals surface area contributed by atoms with Crippen LogP contribution in [0.1, 0.15) is 25.0 Å². The molecule has 0 fully saturated rings. The summed E-state index contributed by atoms with van der Waals surface area (Å²) in [7, 11) is 3.48. The standard InChI is InChI=1S/C20H27N3O.HI/c1-20(2,17-11-8-12-18(13-17)24-4)15-23-19(21-3)22-14-16-9-6-5-7-10-16;/h5-13H,14-15H2,1-4H3,(H2,21,22,23);1H. The summed E-state index contributed by atoms with van der Waals surface area (Å²) in [5.74, 6) is 1.68. The number of methoxy groups -OCH3 is 1. The molecule has 5 heteroatoms. The Bertz CT molecular complexity index is 672. The number of ether oxygens (including phenoxy) is 1. The lowest BCUT2D eigenvalue weighted by Crippen LogP contribution is -2.43. The fourth-order valence-electron chi connectivity index (χ4n) is 2.45. The number of hydrogen-bond acceptors (Lipinski definition) is 2. The van der Waals surface area contributed by atoms with Gasteiger partial charge in [0, 0.05) is 25.6 Å². The maximum absolute atomic E-state index is 5.33. The molecule has 0 unspecified atom stereocenters. The fraction of sp³-hybridized carbons (Fsp3) is 0.350. The number of hydrogen-bond donors (Lipinski definition) is 2. The first-order valence-corrected chi connectivity index (χ1v) is 8.18. The minimum absolute atomic E-state index is 0. The zero-order valence-electron chi connectivity index (χ0n) is 15.4. The second-order valence-electron chi connectivity index (χ2n) is 6.38. The molecular formula is C20H28IN3O. The molecule has 2 rings (SSSR count). The Labute approximate surface area is 168 Å². The van der Waals surface area contributed by atoms with Gasteiger partial charge in [0.2, 0.25) is 0 Å². The third-order valence-corrected chi connectivity index (χ3v) is 4.08. The first kappa shape index (κ1) is 21.3. The molecule has 0 saturated heterocycles. The highest BCUT2D eigenvalue weighted by atomic mass is 127. The van der Waals surface area contributed by atoms with E-state index in [4.69, 9.17) is 4.74 Å². The molecule has 4 nitrogen and oxygen atoms in total. The van der Waals surface area contributed by atoms with Gasteiger partial charge in [-0.3, -0.25) is 4.99 Å². The van der Waals surface area contributed by atoms with Crippen molar-refractivity contribution >= 4 is 29.9 Å². The SMILES string of the molecule is CN=C(NCc1ccccc1)NCC(C)(C)c1cccc(OC)c1.I. The molecule has 2 aromatic rings. The van der Waals surface area contributed by atoms with Gasteiger partial charge in [0.1, 0.15) is 5.75 Å². The zero-order valence-corrected chi connectivity index (χ0v) is 17.7. The van der Waals surface area contributed by atoms with E-state index in [0.717, 1.165) is 24.8 Å². The van der Waals surface area contributed by atoms with Gasteiger partial charge in [-0.2, -0.15) is 0 Å². The molecule has 0 bridgehead atoms. The normalized spacial score (nSPS) is 11.4. The average molecular weight is 453 g/mol. The van der Waals surface area contributed by atoms with Crippen molar-refractivity contribution in [1.82, 2.24) is 10.6 Å². The Morgan fingerprint density at radius 1 is 1.04 bits per heavy atom. The fourth-order valence-corrected chi connectivity index (χ4v) is 2.45. The highest BCUT2D eigenvalue weighted by molar-refractivity contribution is 14.0. The van der Waals surface area contributed by atoms with Crippen LogP contribution in [-0.2, 0) is 12.0 Å². The van der Waals surface area contributed by atoms with Crippen molar-refractivity contribution in [2.45, 2.75) is 25.8 Å². The van der Waals surface area contributed by atoms with Crippen LogP contribution in [0.25, 0.3) is 0 Å². The van der Waals surface area contributed by atoms with Gasteiger partial charge in [-0.1, -0.05) is 56.3 Å². The third kappa shape index (κ3) is 6.57. The molecule has 0 amide bonds. The second-order valence-corrected chi connectivity index (χ2v) is 6.38. The van der Waals surface area contributed by atoms with E-state index in [1.54, 1.807) is 14.2 Å². The smallest absolute Gasteiger partial charge is 0.191 e. The molecule has 0 saturated carbocycles. The zero-order chi connectivity index (χ0) is 17.4. The molecular weight excluding hydrogens is 425 g/mol. The summed E-state index contributed by atoms with van der Waals surface area (Å²) in [6.07, 6.45) is 0. The van der Waals surface area contributed by atoms with Crippen molar-refractivity contribution in [1.29, 1.82) is 0 Å². The average Bonchev–Trinajstić information content (AvgIpc) is 2.62. The summed E-state index contributed by atoms with van der Waals surface area (Å²) in [5.41, 5.74) is 2.42. The Morgan fingerprint density at radius 2 is 1.76 bits per heavy atom. The van der Waals surface area contributed by atoms with Crippen LogP contribution in [0.4, 0.5) is 0 Å². The van der Waals surface area contributed by atoms with Crippen molar-refractivity contribution in [2.24, 2.45) is 4.99 Å². The molecule has 25 heavy (non-hydrogen) atoms. The molecule has 0 radical (unpaired) electrons. The molecule has 0 aliphatic carbocycles. The second kappa shape index (κ2) is 10.3. The Balaban J connectivity index is 0.00000312. The van der Waals surface area contributed by atoms with Gasteiger partial charge in [0.15, 0.2) is 5.96 Å². The number of guanidine groups is 1. The van der Waals surface area contributed by atoms with Gasteiger partial charge in [-0.05, 0) is 23.3 Å². The summed E-state index contributed by atoms with van der Waals surface area (Å²) >= 11 is 0. The van der Waals surface area contributed by atoms with Crippen molar-refractivity contribution in [3.05, 3.63) is 65.7 Å². The van der Waals surface area contributed by atoms with Crippen LogP contribution >= 0.6 is 24.0 Å². The van der Waals surface area contributed by atoms with Crippen molar-refractivity contribution < 1.29 is 4.74 Å². The van der Waals surface area contributed by atoms with Gasteiger partial charge in [0.05, 0.1) is 7.11 Å². The van der Waals surface area contributed by atoms with Crippen molar-refractivity contribution in [2.75, 3.05) is 20.7 Å². The lowest BCUT2D eigenvalue weighted by Gasteiger charge is -2.27. The Kier molecular flexibility index (Phi) is 8.75. The van der Waals surface area contributed by atoms with E-state index in [-0.39, 0.29) is 29.4 Å². The minimum Gasteiger partial charge on any atom is -0.497 e. The number of aliphatic imine (C=N–C) groups is 1. The van der Waals surface area contributed by atoms with Crippen molar-refractivity contribution in [3.8, 4) is 5.75 Å². The van der Waals surface area contributed by atoms with Gasteiger partial charge < -0.3 is 15.4 Å². The minimum atomic E-state index is -0.0428. The highest BCUT2D eigenvalue weighted by Crippen LogP contribution is 2.25. The molecule has 0 atom stereocenters. The summed E-state index contributed by atoms with van der Waals surface area (Å²) in [5, 5.41) is 6.76. The van der Waals surface area contributed by atoms with Crippen LogP contribution in [-0.4, -0.2) is 26.7 Å². The lowest BCUT2D eigenvalue weighted by molar-refractivity contribution is 0.411. The molecule has 0 heterocycles. The summed E-state index contributed by atoms with van der Waals surface area (Å²) in [6.45, 7) is 5.94. The van der Waals surface area contributed by atoms with Crippen LogP contribution in [0.3, 0.4) is 0 Å². The largest absolute Gasteiger partial charge is 0.497 e. The van der Waals surface area contributed by atoms with Crippen LogP contribution in [0.2, 0.25) is 0 Å². The maximum Gasteiger partial charge on any atom is 0.191 e. The third-order valence-electron chi connectivity index (χ3n) is 4.08. The van der Waals surface area contributed by atoms with Gasteiger partial charge in [-0.25, -0.2) is 0 Å². The monoisotopic (exact) mass is 453 g/mol. The van der Waals surface area contributed by atoms with E-state index >= 15 is 0 Å². The first-order valence-electron chi connectivity index (χ1n) is 8.18. The molecule has 0 aliphatic heterocycles. The number of nitrogens with one attached hydrogen (secondary N) is 2. The number of halogens is 1. The number of nitrogens with zero attached hydrogens (tertiary/aromatic N) is 1. The van der Waals surface area contributed by atoms with Gasteiger partial charge >= 0.3 is 0 Å². The highest BCUT2D eigenvalue weighted by Gasteiger charge is 2.21. The number of benzene rings is 2. The van der Waals surface area contributed by atoms with E-state index in [1.807, 2.05) is 30.3 Å². The quantitative estimate of drug-likeness (QED) is 0.396. The maximum atomic E-state index is 5.33.